The maximum absolute atomic E-state index is 14.0. The summed E-state index contributed by atoms with van der Waals surface area (Å²) in [6, 6.07) is 5.32. The molecule has 2 N–H and O–H groups in total. The number of nitrogens with two attached hydrogens (primary N) is 1. The molecule has 0 saturated heterocycles. The summed E-state index contributed by atoms with van der Waals surface area (Å²) in [5.41, 5.74) is 7.75. The Morgan fingerprint density at radius 2 is 2.00 bits per heavy atom. The van der Waals surface area contributed by atoms with Gasteiger partial charge in [0, 0.05) is 19.3 Å². The molecule has 0 saturated carbocycles. The highest BCUT2D eigenvalue weighted by molar-refractivity contribution is 5.92. The molecule has 0 bridgehead atoms. The third-order valence-corrected chi connectivity index (χ3v) is 5.28. The molecule has 1 aliphatic rings. The number of allylic oxidation sites excluding steroid dienone is 2. The molecule has 3 rings (SSSR count). The molecule has 0 aliphatic carbocycles. The minimum absolute atomic E-state index is 0.0549. The van der Waals surface area contributed by atoms with E-state index in [4.69, 9.17) is 5.73 Å². The molecule has 9 heteroatoms. The Hall–Kier alpha value is -3.33. The molecule has 0 fully saturated rings. The summed E-state index contributed by atoms with van der Waals surface area (Å²) in [7, 11) is 0. The number of nitrogens with zero attached hydrogens (tertiary/aromatic N) is 3. The molecule has 168 valence electrons. The van der Waals surface area contributed by atoms with E-state index in [0.717, 1.165) is 5.56 Å². The molecular weight excluding hydrogens is 424 g/mol. The van der Waals surface area contributed by atoms with Crippen LogP contribution in [0.5, 0.6) is 0 Å². The first-order valence-electron chi connectivity index (χ1n) is 9.80. The van der Waals surface area contributed by atoms with Crippen molar-refractivity contribution in [2.24, 2.45) is 10.7 Å². The second-order valence-corrected chi connectivity index (χ2v) is 7.45. The number of primary amides is 1. The van der Waals surface area contributed by atoms with Crippen molar-refractivity contribution in [2.75, 3.05) is 6.54 Å². The number of halogens is 4. The van der Waals surface area contributed by atoms with E-state index in [0.29, 0.717) is 16.8 Å². The van der Waals surface area contributed by atoms with Gasteiger partial charge in [-0.2, -0.15) is 13.2 Å². The highest BCUT2D eigenvalue weighted by Crippen LogP contribution is 2.36. The van der Waals surface area contributed by atoms with Gasteiger partial charge in [0.1, 0.15) is 17.6 Å². The lowest BCUT2D eigenvalue weighted by atomic mass is 9.92. The number of amides is 1. The Morgan fingerprint density at radius 1 is 1.31 bits per heavy atom. The number of hydrogen-bond donors (Lipinski definition) is 1. The van der Waals surface area contributed by atoms with Crippen molar-refractivity contribution in [2.45, 2.75) is 32.1 Å². The van der Waals surface area contributed by atoms with E-state index in [1.807, 2.05) is 0 Å². The van der Waals surface area contributed by atoms with Gasteiger partial charge in [-0.25, -0.2) is 9.37 Å². The number of carbonyl (C=O) groups is 1. The summed E-state index contributed by atoms with van der Waals surface area (Å²) >= 11 is 0. The van der Waals surface area contributed by atoms with E-state index in [-0.39, 0.29) is 30.8 Å². The fourth-order valence-corrected chi connectivity index (χ4v) is 3.89. The van der Waals surface area contributed by atoms with Crippen molar-refractivity contribution in [3.63, 3.8) is 0 Å². The summed E-state index contributed by atoms with van der Waals surface area (Å²) in [5.74, 6) is -1.22. The summed E-state index contributed by atoms with van der Waals surface area (Å²) < 4.78 is 55.2. The number of carbonyl (C=O) groups excluding carboxylic acids is 1. The summed E-state index contributed by atoms with van der Waals surface area (Å²) in [4.78, 5) is 20.8. The Labute approximate surface area is 183 Å². The minimum atomic E-state index is -4.52. The molecule has 1 aliphatic heterocycles. The molecule has 2 heterocycles. The van der Waals surface area contributed by atoms with Crippen LogP contribution in [0.25, 0.3) is 11.1 Å². The Kier molecular flexibility index (Phi) is 6.88. The van der Waals surface area contributed by atoms with Crippen LogP contribution in [-0.2, 0) is 13.0 Å². The standard InChI is InChI=1S/C23H22F4N4O/c1-14(4-3-10-29-2)21(23(25,26)27)31-11-9-17-18(15-5-7-16(24)8-6-15)12-19(22(28)32)30-20(17)13-31/h3-8,10,12,21H,2,9,11,13H2,1H3,(H2,28,32)/b10-3-,14-4+. The van der Waals surface area contributed by atoms with Gasteiger partial charge in [0.2, 0.25) is 0 Å². The molecule has 1 unspecified atom stereocenters. The minimum Gasteiger partial charge on any atom is -0.364 e. The molecule has 1 aromatic heterocycles. The summed E-state index contributed by atoms with van der Waals surface area (Å²) in [6.45, 7) is 4.66. The topological polar surface area (TPSA) is 71.6 Å². The van der Waals surface area contributed by atoms with E-state index < -0.39 is 23.9 Å². The first kappa shape index (κ1) is 23.3. The second kappa shape index (κ2) is 9.44. The zero-order chi connectivity index (χ0) is 23.5. The van der Waals surface area contributed by atoms with Crippen LogP contribution < -0.4 is 5.73 Å². The molecule has 2 aromatic rings. The van der Waals surface area contributed by atoms with Crippen LogP contribution >= 0.6 is 0 Å². The van der Waals surface area contributed by atoms with Crippen LogP contribution in [0, 0.1) is 5.82 Å². The average molecular weight is 446 g/mol. The number of rotatable bonds is 6. The fourth-order valence-electron chi connectivity index (χ4n) is 3.89. The van der Waals surface area contributed by atoms with Gasteiger partial charge in [0.15, 0.2) is 0 Å². The Bertz CT molecular complexity index is 1070. The number of aromatic nitrogens is 1. The molecule has 0 spiro atoms. The van der Waals surface area contributed by atoms with Crippen molar-refractivity contribution in [3.05, 3.63) is 77.0 Å². The van der Waals surface area contributed by atoms with Crippen molar-refractivity contribution in [3.8, 4) is 11.1 Å². The second-order valence-electron chi connectivity index (χ2n) is 7.45. The number of fused-ring (bicyclic) bond motifs is 1. The zero-order valence-electron chi connectivity index (χ0n) is 17.4. The van der Waals surface area contributed by atoms with Crippen LogP contribution in [0.15, 0.2) is 59.2 Å². The van der Waals surface area contributed by atoms with Crippen LogP contribution in [0.3, 0.4) is 0 Å². The van der Waals surface area contributed by atoms with Crippen molar-refractivity contribution in [1.82, 2.24) is 9.88 Å². The lowest BCUT2D eigenvalue weighted by molar-refractivity contribution is -0.175. The van der Waals surface area contributed by atoms with Crippen molar-refractivity contribution < 1.29 is 22.4 Å². The highest BCUT2D eigenvalue weighted by atomic mass is 19.4. The molecule has 32 heavy (non-hydrogen) atoms. The molecular formula is C23H22F4N4O. The van der Waals surface area contributed by atoms with Gasteiger partial charge in [-0.3, -0.25) is 14.7 Å². The molecule has 5 nitrogen and oxygen atoms in total. The number of benzene rings is 1. The molecule has 1 aromatic carbocycles. The molecule has 1 atom stereocenters. The van der Waals surface area contributed by atoms with Gasteiger partial charge in [0.05, 0.1) is 5.69 Å². The normalized spacial score (nSPS) is 16.1. The van der Waals surface area contributed by atoms with E-state index >= 15 is 0 Å². The van der Waals surface area contributed by atoms with Gasteiger partial charge in [0.25, 0.3) is 5.91 Å². The monoisotopic (exact) mass is 446 g/mol. The van der Waals surface area contributed by atoms with Crippen LogP contribution in [0.2, 0.25) is 0 Å². The van der Waals surface area contributed by atoms with Gasteiger partial charge in [-0.05, 0) is 66.6 Å². The quantitative estimate of drug-likeness (QED) is 0.405. The predicted molar refractivity (Wildman–Crippen MR) is 115 cm³/mol. The number of hydrogen-bond acceptors (Lipinski definition) is 4. The van der Waals surface area contributed by atoms with Gasteiger partial charge < -0.3 is 5.73 Å². The van der Waals surface area contributed by atoms with Crippen molar-refractivity contribution >= 4 is 12.6 Å². The molecule has 1 amide bonds. The largest absolute Gasteiger partial charge is 0.407 e. The third-order valence-electron chi connectivity index (χ3n) is 5.28. The van der Waals surface area contributed by atoms with Gasteiger partial charge in [-0.15, -0.1) is 0 Å². The lowest BCUT2D eigenvalue weighted by Gasteiger charge is -2.37. The summed E-state index contributed by atoms with van der Waals surface area (Å²) in [5, 5.41) is 0. The van der Waals surface area contributed by atoms with Gasteiger partial charge >= 0.3 is 6.18 Å². The van der Waals surface area contributed by atoms with E-state index in [2.05, 4.69) is 16.7 Å². The van der Waals surface area contributed by atoms with E-state index in [9.17, 15) is 22.4 Å². The Balaban J connectivity index is 2.05. The van der Waals surface area contributed by atoms with Crippen LogP contribution in [0.1, 0.15) is 28.7 Å². The SMILES string of the molecule is C=N/C=C\C=C(/C)C(N1CCc2c(-c3ccc(F)cc3)cc(C(N)=O)nc2C1)C(F)(F)F. The first-order valence-corrected chi connectivity index (χ1v) is 9.80. The third kappa shape index (κ3) is 5.11. The Morgan fingerprint density at radius 3 is 2.59 bits per heavy atom. The van der Waals surface area contributed by atoms with E-state index in [1.165, 1.54) is 48.4 Å². The van der Waals surface area contributed by atoms with Crippen molar-refractivity contribution in [1.29, 1.82) is 0 Å². The highest BCUT2D eigenvalue weighted by Gasteiger charge is 2.45. The van der Waals surface area contributed by atoms with Gasteiger partial charge in [-0.1, -0.05) is 18.2 Å². The maximum Gasteiger partial charge on any atom is 0.407 e. The van der Waals surface area contributed by atoms with Crippen LogP contribution in [-0.4, -0.2) is 41.3 Å². The maximum atomic E-state index is 14.0. The average Bonchev–Trinajstić information content (AvgIpc) is 2.72. The number of alkyl halides is 3. The zero-order valence-corrected chi connectivity index (χ0v) is 17.4. The number of aliphatic imine (C=N–C) groups is 1. The fraction of sp³-hybridized carbons (Fsp3) is 0.261. The van der Waals surface area contributed by atoms with Crippen LogP contribution in [0.4, 0.5) is 17.6 Å². The smallest absolute Gasteiger partial charge is 0.364 e. The first-order chi connectivity index (χ1) is 15.1. The summed E-state index contributed by atoms with van der Waals surface area (Å²) in [6.07, 6.45) is -0.195. The predicted octanol–water partition coefficient (Wildman–Crippen LogP) is 4.44. The molecule has 0 radical (unpaired) electrons. The van der Waals surface area contributed by atoms with E-state index in [1.54, 1.807) is 12.1 Å². The lowest BCUT2D eigenvalue weighted by Crippen LogP contribution is -2.48. The number of pyridine rings is 1.